The standard InChI is InChI=1S/C18H20Cl2N2S/c19-15-11-16(20)18-17(12-15)21-13-22(23-18)10-6-2-5-9-14-7-3-1-4-8-14/h1,3-4,7-8,11-12,21H,2,5-6,9-10,13H2. The average molecular weight is 367 g/mol. The largest absolute Gasteiger partial charge is 0.370 e. The van der Waals surface area contributed by atoms with Gasteiger partial charge in [-0.3, -0.25) is 0 Å². The number of nitrogens with zero attached hydrogens (tertiary/aromatic N) is 1. The second-order valence-electron chi connectivity index (χ2n) is 5.69. The number of hydrogen-bond acceptors (Lipinski definition) is 3. The Balaban J connectivity index is 1.42. The maximum absolute atomic E-state index is 6.29. The lowest BCUT2D eigenvalue weighted by molar-refractivity contribution is 0.468. The van der Waals surface area contributed by atoms with Crippen molar-refractivity contribution in [2.75, 3.05) is 18.5 Å². The summed E-state index contributed by atoms with van der Waals surface area (Å²) < 4.78 is 2.32. The summed E-state index contributed by atoms with van der Waals surface area (Å²) in [6.07, 6.45) is 4.84. The molecule has 0 unspecified atom stereocenters. The SMILES string of the molecule is Clc1cc(Cl)c2c(c1)NCN(CCCCCc1ccccc1)S2. The van der Waals surface area contributed by atoms with Crippen LogP contribution in [0.15, 0.2) is 47.4 Å². The van der Waals surface area contributed by atoms with E-state index in [1.54, 1.807) is 18.0 Å². The van der Waals surface area contributed by atoms with Gasteiger partial charge in [0, 0.05) is 11.6 Å². The summed E-state index contributed by atoms with van der Waals surface area (Å²) >= 11 is 14.1. The number of benzene rings is 2. The first-order valence-electron chi connectivity index (χ1n) is 7.92. The highest BCUT2D eigenvalue weighted by molar-refractivity contribution is 7.97. The Hall–Kier alpha value is -0.870. The minimum absolute atomic E-state index is 0.677. The molecule has 0 fully saturated rings. The van der Waals surface area contributed by atoms with E-state index in [0.717, 1.165) is 28.8 Å². The fourth-order valence-corrected chi connectivity index (χ4v) is 4.26. The molecule has 0 radical (unpaired) electrons. The number of rotatable bonds is 6. The molecule has 1 heterocycles. The first kappa shape index (κ1) is 17.0. The lowest BCUT2D eigenvalue weighted by Crippen LogP contribution is -2.28. The van der Waals surface area contributed by atoms with Crippen molar-refractivity contribution in [3.8, 4) is 0 Å². The summed E-state index contributed by atoms with van der Waals surface area (Å²) in [5.74, 6) is 0. The zero-order valence-electron chi connectivity index (χ0n) is 12.9. The third kappa shape index (κ3) is 4.80. The van der Waals surface area contributed by atoms with Gasteiger partial charge in [0.2, 0.25) is 0 Å². The van der Waals surface area contributed by atoms with Gasteiger partial charge in [0.1, 0.15) is 0 Å². The van der Waals surface area contributed by atoms with E-state index in [2.05, 4.69) is 40.0 Å². The van der Waals surface area contributed by atoms with E-state index >= 15 is 0 Å². The molecule has 0 bridgehead atoms. The predicted octanol–water partition coefficient (Wildman–Crippen LogP) is 6.10. The molecule has 0 saturated carbocycles. The van der Waals surface area contributed by atoms with Crippen molar-refractivity contribution >= 4 is 40.8 Å². The molecule has 0 saturated heterocycles. The van der Waals surface area contributed by atoms with Gasteiger partial charge in [-0.1, -0.05) is 60.0 Å². The highest BCUT2D eigenvalue weighted by atomic mass is 35.5. The molecule has 5 heteroatoms. The number of aryl methyl sites for hydroxylation is 1. The highest BCUT2D eigenvalue weighted by Crippen LogP contribution is 2.41. The van der Waals surface area contributed by atoms with Gasteiger partial charge in [-0.05, 0) is 48.9 Å². The summed E-state index contributed by atoms with van der Waals surface area (Å²) in [6, 6.07) is 14.4. The lowest BCUT2D eigenvalue weighted by atomic mass is 10.1. The van der Waals surface area contributed by atoms with Crippen LogP contribution >= 0.6 is 35.1 Å². The molecule has 23 heavy (non-hydrogen) atoms. The van der Waals surface area contributed by atoms with Crippen molar-refractivity contribution in [3.63, 3.8) is 0 Å². The van der Waals surface area contributed by atoms with E-state index < -0.39 is 0 Å². The van der Waals surface area contributed by atoms with Crippen molar-refractivity contribution in [2.45, 2.75) is 30.6 Å². The molecule has 1 aliphatic heterocycles. The van der Waals surface area contributed by atoms with Crippen LogP contribution in [-0.2, 0) is 6.42 Å². The van der Waals surface area contributed by atoms with Crippen molar-refractivity contribution in [1.29, 1.82) is 0 Å². The number of anilines is 1. The monoisotopic (exact) mass is 366 g/mol. The minimum atomic E-state index is 0.677. The van der Waals surface area contributed by atoms with E-state index in [1.165, 1.54) is 31.2 Å². The van der Waals surface area contributed by atoms with Gasteiger partial charge in [-0.2, -0.15) is 0 Å². The summed E-state index contributed by atoms with van der Waals surface area (Å²) in [5, 5.41) is 4.80. The molecule has 0 spiro atoms. The second-order valence-corrected chi connectivity index (χ2v) is 7.64. The molecule has 3 rings (SSSR count). The van der Waals surface area contributed by atoms with Crippen LogP contribution in [0.25, 0.3) is 0 Å². The predicted molar refractivity (Wildman–Crippen MR) is 102 cm³/mol. The van der Waals surface area contributed by atoms with E-state index in [-0.39, 0.29) is 0 Å². The third-order valence-corrected chi connectivity index (χ3v) is 5.71. The van der Waals surface area contributed by atoms with Crippen molar-refractivity contribution < 1.29 is 0 Å². The molecular formula is C18H20Cl2N2S. The summed E-state index contributed by atoms with van der Waals surface area (Å²) in [5.41, 5.74) is 2.46. The van der Waals surface area contributed by atoms with Crippen LogP contribution in [0.3, 0.4) is 0 Å². The van der Waals surface area contributed by atoms with Crippen LogP contribution < -0.4 is 5.32 Å². The highest BCUT2D eigenvalue weighted by Gasteiger charge is 2.19. The maximum Gasteiger partial charge on any atom is 0.0778 e. The maximum atomic E-state index is 6.29. The van der Waals surface area contributed by atoms with Gasteiger partial charge in [0.15, 0.2) is 0 Å². The van der Waals surface area contributed by atoms with Crippen LogP contribution in [0.4, 0.5) is 5.69 Å². The zero-order valence-corrected chi connectivity index (χ0v) is 15.2. The Morgan fingerprint density at radius 1 is 1.04 bits per heavy atom. The molecular weight excluding hydrogens is 347 g/mol. The molecule has 1 aliphatic rings. The molecule has 2 aromatic rings. The number of unbranched alkanes of at least 4 members (excludes halogenated alkanes) is 2. The molecule has 0 aromatic heterocycles. The van der Waals surface area contributed by atoms with Gasteiger partial charge >= 0.3 is 0 Å². The first-order chi connectivity index (χ1) is 11.2. The van der Waals surface area contributed by atoms with E-state index in [9.17, 15) is 0 Å². The number of fused-ring (bicyclic) bond motifs is 1. The normalized spacial score (nSPS) is 14.3. The number of nitrogens with one attached hydrogen (secondary N) is 1. The van der Waals surface area contributed by atoms with Crippen molar-refractivity contribution in [3.05, 3.63) is 58.1 Å². The van der Waals surface area contributed by atoms with Gasteiger partial charge in [-0.15, -0.1) is 0 Å². The smallest absolute Gasteiger partial charge is 0.0778 e. The topological polar surface area (TPSA) is 15.3 Å². The fraction of sp³-hybridized carbons (Fsp3) is 0.333. The average Bonchev–Trinajstić information content (AvgIpc) is 2.56. The minimum Gasteiger partial charge on any atom is -0.370 e. The van der Waals surface area contributed by atoms with E-state index in [0.29, 0.717) is 5.02 Å². The van der Waals surface area contributed by atoms with Crippen LogP contribution in [0, 0.1) is 0 Å². The van der Waals surface area contributed by atoms with Crippen LogP contribution in [0.5, 0.6) is 0 Å². The third-order valence-electron chi connectivity index (χ3n) is 3.89. The zero-order chi connectivity index (χ0) is 16.1. The molecule has 0 atom stereocenters. The van der Waals surface area contributed by atoms with Crippen LogP contribution in [-0.4, -0.2) is 17.5 Å². The molecule has 0 aliphatic carbocycles. The molecule has 1 N–H and O–H groups in total. The van der Waals surface area contributed by atoms with Gasteiger partial charge in [-0.25, -0.2) is 4.31 Å². The van der Waals surface area contributed by atoms with Gasteiger partial charge in [0.25, 0.3) is 0 Å². The van der Waals surface area contributed by atoms with Crippen LogP contribution in [0.2, 0.25) is 10.0 Å². The Kier molecular flexibility index (Phi) is 6.12. The first-order valence-corrected chi connectivity index (χ1v) is 9.45. The molecule has 0 amide bonds. The summed E-state index contributed by atoms with van der Waals surface area (Å²) in [6.45, 7) is 1.89. The number of hydrogen-bond donors (Lipinski definition) is 1. The second kappa shape index (κ2) is 8.29. The van der Waals surface area contributed by atoms with Gasteiger partial charge in [0.05, 0.1) is 22.3 Å². The molecule has 122 valence electrons. The fourth-order valence-electron chi connectivity index (χ4n) is 2.68. The molecule has 2 nitrogen and oxygen atoms in total. The van der Waals surface area contributed by atoms with Crippen LogP contribution in [0.1, 0.15) is 24.8 Å². The van der Waals surface area contributed by atoms with E-state index in [4.69, 9.17) is 23.2 Å². The Labute approximate surface area is 152 Å². The lowest BCUT2D eigenvalue weighted by Gasteiger charge is -2.29. The van der Waals surface area contributed by atoms with E-state index in [1.807, 2.05) is 6.07 Å². The summed E-state index contributed by atoms with van der Waals surface area (Å²) in [4.78, 5) is 1.08. The Morgan fingerprint density at radius 2 is 1.87 bits per heavy atom. The summed E-state index contributed by atoms with van der Waals surface area (Å²) in [7, 11) is 0. The van der Waals surface area contributed by atoms with Crippen molar-refractivity contribution in [2.24, 2.45) is 0 Å². The number of halogens is 2. The quantitative estimate of drug-likeness (QED) is 0.491. The van der Waals surface area contributed by atoms with Gasteiger partial charge < -0.3 is 5.32 Å². The Morgan fingerprint density at radius 3 is 2.70 bits per heavy atom. The van der Waals surface area contributed by atoms with Crippen molar-refractivity contribution in [1.82, 2.24) is 4.31 Å². The Bertz CT molecular complexity index is 649. The molecule has 2 aromatic carbocycles.